The van der Waals surface area contributed by atoms with Crippen LogP contribution in [0.15, 0.2) is 24.4 Å². The number of benzene rings is 1. The summed E-state index contributed by atoms with van der Waals surface area (Å²) in [6.45, 7) is 0. The number of fused-ring (bicyclic) bond motifs is 1. The minimum Gasteiger partial charge on any atom is -0.497 e. The van der Waals surface area contributed by atoms with Crippen LogP contribution in [0.3, 0.4) is 0 Å². The minimum absolute atomic E-state index is 0.127. The molecule has 0 aliphatic heterocycles. The fourth-order valence-electron chi connectivity index (χ4n) is 1.61. The first kappa shape index (κ1) is 7.92. The van der Waals surface area contributed by atoms with Gasteiger partial charge in [0.05, 0.1) is 18.1 Å². The molecule has 2 rings (SSSR count). The molecular weight excluding hydrogens is 232 g/mol. The van der Waals surface area contributed by atoms with Gasteiger partial charge in [0, 0.05) is 37.3 Å². The van der Waals surface area contributed by atoms with Crippen LogP contribution >= 0.6 is 0 Å². The van der Waals surface area contributed by atoms with Crippen molar-refractivity contribution in [2.45, 2.75) is 0 Å². The molecule has 5 nitrogen and oxygen atoms in total. The van der Waals surface area contributed by atoms with Crippen LogP contribution < -0.4 is 4.74 Å². The maximum atomic E-state index is 12.1. The molecule has 0 atom stereocenters. The van der Waals surface area contributed by atoms with Crippen molar-refractivity contribution in [3.05, 3.63) is 29.9 Å². The van der Waals surface area contributed by atoms with E-state index in [9.17, 15) is 9.59 Å². The van der Waals surface area contributed by atoms with Gasteiger partial charge in [-0.15, -0.1) is 0 Å². The summed E-state index contributed by atoms with van der Waals surface area (Å²) in [4.78, 5) is 27.8. The summed E-state index contributed by atoms with van der Waals surface area (Å²) < 4.78 is 33.7. The molecule has 1 aromatic carbocycles. The third kappa shape index (κ3) is 1.95. The molecule has 0 radical (unpaired) electrons. The Bertz CT molecular complexity index is 750. The van der Waals surface area contributed by atoms with Gasteiger partial charge < -0.3 is 14.6 Å². The van der Waals surface area contributed by atoms with Gasteiger partial charge in [-0.05, 0) is 12.1 Å². The quantitative estimate of drug-likeness (QED) is 0.662. The van der Waals surface area contributed by atoms with Crippen molar-refractivity contribution in [3.63, 3.8) is 0 Å². The second-order valence-electron chi connectivity index (χ2n) is 3.96. The van der Waals surface area contributed by atoms with Gasteiger partial charge in [-0.25, -0.2) is 0 Å². The van der Waals surface area contributed by atoms with Crippen LogP contribution in [0.5, 0.6) is 5.75 Å². The SMILES string of the molecule is [2H]c1cc2c(C(=O)C(=O)N(C)C)c[nH]c2cc1OC([2H])([2H])[2H]. The first-order chi connectivity index (χ1) is 10.1. The van der Waals surface area contributed by atoms with Crippen molar-refractivity contribution < 1.29 is 19.8 Å². The minimum atomic E-state index is -2.67. The van der Waals surface area contributed by atoms with Gasteiger partial charge >= 0.3 is 0 Å². The topological polar surface area (TPSA) is 62.4 Å². The highest BCUT2D eigenvalue weighted by Gasteiger charge is 2.21. The van der Waals surface area contributed by atoms with Crippen LogP contribution in [0.2, 0.25) is 0 Å². The number of hydrogen-bond donors (Lipinski definition) is 1. The van der Waals surface area contributed by atoms with Gasteiger partial charge in [-0.3, -0.25) is 9.59 Å². The van der Waals surface area contributed by atoms with E-state index in [1.807, 2.05) is 0 Å². The number of aromatic nitrogens is 1. The predicted molar refractivity (Wildman–Crippen MR) is 67.9 cm³/mol. The number of carbonyl (C=O) groups is 2. The number of ketones is 1. The Hall–Kier alpha value is -2.30. The predicted octanol–water partition coefficient (Wildman–Crippen LogP) is 1.45. The number of methoxy groups -OCH3 is 1. The molecule has 0 bridgehead atoms. The Morgan fingerprint density at radius 3 is 2.94 bits per heavy atom. The van der Waals surface area contributed by atoms with E-state index in [-0.39, 0.29) is 17.4 Å². The summed E-state index contributed by atoms with van der Waals surface area (Å²) in [5.74, 6) is -1.53. The van der Waals surface area contributed by atoms with E-state index >= 15 is 0 Å². The van der Waals surface area contributed by atoms with Gasteiger partial charge in [0.25, 0.3) is 11.7 Å². The normalized spacial score (nSPS) is 14.3. The van der Waals surface area contributed by atoms with Gasteiger partial charge in [0.15, 0.2) is 0 Å². The van der Waals surface area contributed by atoms with E-state index in [2.05, 4.69) is 4.98 Å². The van der Waals surface area contributed by atoms with Crippen molar-refractivity contribution in [3.8, 4) is 5.75 Å². The highest BCUT2D eigenvalue weighted by atomic mass is 16.5. The number of Topliss-reactive ketones (excluding diaryl/α,β-unsaturated/α-hetero) is 1. The van der Waals surface area contributed by atoms with E-state index in [1.165, 1.54) is 32.4 Å². The number of likely N-dealkylation sites (N-methyl/N-ethyl adjacent to an activating group) is 1. The first-order valence-electron chi connectivity index (χ1n) is 7.17. The summed E-state index contributed by atoms with van der Waals surface area (Å²) in [6, 6.07) is 2.43. The monoisotopic (exact) mass is 250 g/mol. The van der Waals surface area contributed by atoms with Gasteiger partial charge in [0.1, 0.15) is 5.75 Å². The van der Waals surface area contributed by atoms with Gasteiger partial charge in [-0.1, -0.05) is 0 Å². The zero-order chi connectivity index (χ0) is 16.7. The first-order valence-corrected chi connectivity index (χ1v) is 5.17. The molecular formula is C13H14N2O3. The van der Waals surface area contributed by atoms with E-state index in [0.717, 1.165) is 4.90 Å². The molecule has 0 unspecified atom stereocenters. The summed E-state index contributed by atoms with van der Waals surface area (Å²) in [5.41, 5.74) is 0.535. The molecule has 0 saturated heterocycles. The number of nitrogens with one attached hydrogen (secondary N) is 1. The molecule has 5 heteroatoms. The zero-order valence-corrected chi connectivity index (χ0v) is 9.90. The smallest absolute Gasteiger partial charge is 0.294 e. The average Bonchev–Trinajstić information content (AvgIpc) is 2.78. The lowest BCUT2D eigenvalue weighted by molar-refractivity contribution is -0.124. The summed E-state index contributed by atoms with van der Waals surface area (Å²) in [5, 5.41) is 0.364. The van der Waals surface area contributed by atoms with Crippen molar-refractivity contribution in [2.75, 3.05) is 21.1 Å². The largest absolute Gasteiger partial charge is 0.497 e. The van der Waals surface area contributed by atoms with E-state index in [1.54, 1.807) is 0 Å². The molecule has 0 aliphatic rings. The van der Waals surface area contributed by atoms with Crippen molar-refractivity contribution >= 4 is 22.6 Å². The number of hydrogen-bond acceptors (Lipinski definition) is 3. The highest BCUT2D eigenvalue weighted by molar-refractivity contribution is 6.44. The lowest BCUT2D eigenvalue weighted by Crippen LogP contribution is -2.29. The number of nitrogens with zero attached hydrogens (tertiary/aromatic N) is 1. The zero-order valence-electron chi connectivity index (χ0n) is 13.9. The number of H-pyrrole nitrogens is 1. The molecule has 0 saturated carbocycles. The molecule has 2 aromatic rings. The van der Waals surface area contributed by atoms with Gasteiger partial charge in [0.2, 0.25) is 0 Å². The average molecular weight is 250 g/mol. The molecule has 0 fully saturated rings. The summed E-state index contributed by atoms with van der Waals surface area (Å²) in [6.07, 6.45) is 1.35. The fourth-order valence-corrected chi connectivity index (χ4v) is 1.61. The van der Waals surface area contributed by atoms with E-state index in [0.29, 0.717) is 10.9 Å². The van der Waals surface area contributed by atoms with Crippen LogP contribution in [0.4, 0.5) is 0 Å². The maximum absolute atomic E-state index is 12.1. The van der Waals surface area contributed by atoms with Crippen LogP contribution in [0.25, 0.3) is 10.9 Å². The fraction of sp³-hybridized carbons (Fsp3) is 0.231. The Morgan fingerprint density at radius 1 is 1.50 bits per heavy atom. The standard InChI is InChI=1S/C13H14N2O3/c1-15(2)13(17)12(16)10-7-14-11-6-8(18-3)4-5-9(10)11/h4-7,14H,1-3H3/i3D3,4D. The van der Waals surface area contributed by atoms with E-state index in [4.69, 9.17) is 10.2 Å². The Kier molecular flexibility index (Phi) is 1.99. The number of amides is 1. The summed E-state index contributed by atoms with van der Waals surface area (Å²) >= 11 is 0. The Labute approximate surface area is 110 Å². The molecule has 0 aliphatic carbocycles. The van der Waals surface area contributed by atoms with Crippen molar-refractivity contribution in [1.29, 1.82) is 0 Å². The lowest BCUT2D eigenvalue weighted by Gasteiger charge is -2.08. The molecule has 94 valence electrons. The van der Waals surface area contributed by atoms with Crippen molar-refractivity contribution in [1.82, 2.24) is 9.88 Å². The highest BCUT2D eigenvalue weighted by Crippen LogP contribution is 2.23. The molecule has 1 heterocycles. The Balaban J connectivity index is 2.48. The van der Waals surface area contributed by atoms with Gasteiger partial charge in [-0.2, -0.15) is 0 Å². The summed E-state index contributed by atoms with van der Waals surface area (Å²) in [7, 11) is 0.260. The maximum Gasteiger partial charge on any atom is 0.294 e. The van der Waals surface area contributed by atoms with Crippen LogP contribution in [0.1, 0.15) is 15.8 Å². The molecule has 0 spiro atoms. The molecule has 1 aromatic heterocycles. The number of ether oxygens (including phenoxy) is 1. The molecule has 1 amide bonds. The molecule has 18 heavy (non-hydrogen) atoms. The third-order valence-corrected chi connectivity index (χ3v) is 2.54. The Morgan fingerprint density at radius 2 is 2.28 bits per heavy atom. The molecule has 1 N–H and O–H groups in total. The number of aromatic amines is 1. The van der Waals surface area contributed by atoms with Crippen LogP contribution in [-0.2, 0) is 4.79 Å². The lowest BCUT2D eigenvalue weighted by atomic mass is 10.1. The number of rotatable bonds is 3. The van der Waals surface area contributed by atoms with Crippen LogP contribution in [-0.4, -0.2) is 42.7 Å². The van der Waals surface area contributed by atoms with E-state index < -0.39 is 18.7 Å². The number of carbonyl (C=O) groups excluding carboxylic acids is 2. The second-order valence-corrected chi connectivity index (χ2v) is 3.96. The van der Waals surface area contributed by atoms with Crippen molar-refractivity contribution in [2.24, 2.45) is 0 Å². The second kappa shape index (κ2) is 4.52. The van der Waals surface area contributed by atoms with Crippen LogP contribution in [0, 0.1) is 0 Å². The third-order valence-electron chi connectivity index (χ3n) is 2.54.